The highest BCUT2D eigenvalue weighted by molar-refractivity contribution is 7.93. The molecule has 1 fully saturated rings. The van der Waals surface area contributed by atoms with Crippen LogP contribution >= 0.6 is 0 Å². The molecule has 0 heterocycles. The van der Waals surface area contributed by atoms with E-state index in [4.69, 9.17) is 9.47 Å². The van der Waals surface area contributed by atoms with Crippen molar-refractivity contribution in [2.24, 2.45) is 5.41 Å². The summed E-state index contributed by atoms with van der Waals surface area (Å²) in [7, 11) is -2.44. The van der Waals surface area contributed by atoms with Gasteiger partial charge in [-0.3, -0.25) is 9.59 Å². The van der Waals surface area contributed by atoms with Crippen molar-refractivity contribution in [3.8, 4) is 6.07 Å². The van der Waals surface area contributed by atoms with Crippen LogP contribution in [0.15, 0.2) is 77.7 Å². The highest BCUT2D eigenvalue weighted by atomic mass is 32.2. The minimum atomic E-state index is -4.52. The number of nitriles is 1. The molecule has 3 aromatic carbocycles. The number of ether oxygens (including phenoxy) is 2. The third-order valence-corrected chi connectivity index (χ3v) is 8.52. The summed E-state index contributed by atoms with van der Waals surface area (Å²) in [6.07, 6.45) is 0. The number of rotatable bonds is 5. The van der Waals surface area contributed by atoms with E-state index in [1.807, 2.05) is 24.3 Å². The Bertz CT molecular complexity index is 1360. The molecule has 4 rings (SSSR count). The topological polar surface area (TPSA) is 111 Å². The lowest BCUT2D eigenvalue weighted by molar-refractivity contribution is -0.161. The first-order valence-electron chi connectivity index (χ1n) is 9.70. The van der Waals surface area contributed by atoms with Gasteiger partial charge in [-0.05, 0) is 28.5 Å². The first-order valence-corrected chi connectivity index (χ1v) is 11.2. The quantitative estimate of drug-likeness (QED) is 0.435. The molecule has 0 N–H and O–H groups in total. The van der Waals surface area contributed by atoms with Crippen LogP contribution in [0, 0.1) is 16.7 Å². The van der Waals surface area contributed by atoms with Gasteiger partial charge in [0.15, 0.2) is 14.6 Å². The van der Waals surface area contributed by atoms with Crippen LogP contribution in [0.5, 0.6) is 0 Å². The summed E-state index contributed by atoms with van der Waals surface area (Å²) in [5.41, 5.74) is -2.01. The third kappa shape index (κ3) is 2.49. The molecule has 0 radical (unpaired) electrons. The number of hydrogen-bond donors (Lipinski definition) is 0. The van der Waals surface area contributed by atoms with Crippen molar-refractivity contribution in [2.75, 3.05) is 14.2 Å². The summed E-state index contributed by atoms with van der Waals surface area (Å²) in [4.78, 5) is 26.1. The fourth-order valence-corrected chi connectivity index (χ4v) is 6.98. The molecule has 0 unspecified atom stereocenters. The molecular weight excluding hydrogens is 430 g/mol. The zero-order valence-corrected chi connectivity index (χ0v) is 18.1. The second kappa shape index (κ2) is 7.46. The van der Waals surface area contributed by atoms with Crippen LogP contribution in [0.1, 0.15) is 11.5 Å². The van der Waals surface area contributed by atoms with Crippen molar-refractivity contribution in [3.63, 3.8) is 0 Å². The fourth-order valence-electron chi connectivity index (χ4n) is 4.71. The van der Waals surface area contributed by atoms with Crippen LogP contribution in [0.25, 0.3) is 10.8 Å². The molecule has 0 bridgehead atoms. The minimum Gasteiger partial charge on any atom is -0.468 e. The smallest absolute Gasteiger partial charge is 0.326 e. The van der Waals surface area contributed by atoms with Crippen LogP contribution in [0.3, 0.4) is 0 Å². The third-order valence-electron chi connectivity index (χ3n) is 6.13. The molecule has 1 aliphatic carbocycles. The van der Waals surface area contributed by atoms with Crippen molar-refractivity contribution in [2.45, 2.75) is 15.6 Å². The molecule has 7 nitrogen and oxygen atoms in total. The van der Waals surface area contributed by atoms with Crippen LogP contribution in [-0.4, -0.2) is 39.3 Å². The van der Waals surface area contributed by atoms with E-state index in [2.05, 4.69) is 0 Å². The predicted molar refractivity (Wildman–Crippen MR) is 115 cm³/mol. The van der Waals surface area contributed by atoms with Crippen molar-refractivity contribution in [1.29, 1.82) is 5.26 Å². The van der Waals surface area contributed by atoms with E-state index in [0.29, 0.717) is 10.9 Å². The van der Waals surface area contributed by atoms with Crippen LogP contribution in [0.4, 0.5) is 0 Å². The molecule has 0 amide bonds. The van der Waals surface area contributed by atoms with E-state index < -0.39 is 37.9 Å². The van der Waals surface area contributed by atoms with Gasteiger partial charge in [0, 0.05) is 5.92 Å². The fraction of sp³-hybridized carbons (Fsp3) is 0.208. The number of sulfone groups is 1. The average Bonchev–Trinajstić information content (AvgIpc) is 3.49. The van der Waals surface area contributed by atoms with Gasteiger partial charge in [-0.1, -0.05) is 60.7 Å². The summed E-state index contributed by atoms with van der Waals surface area (Å²) in [6.45, 7) is 0. The van der Waals surface area contributed by atoms with E-state index >= 15 is 0 Å². The Morgan fingerprint density at radius 3 is 2.03 bits per heavy atom. The Kier molecular flexibility index (Phi) is 5.02. The first-order chi connectivity index (χ1) is 15.3. The SMILES string of the molecule is COC(=O)C1(C(=O)OC)[C@@H](c2cccc3ccccc23)[C@]1(C#N)S(=O)(=O)c1ccccc1. The van der Waals surface area contributed by atoms with E-state index in [9.17, 15) is 23.3 Å². The lowest BCUT2D eigenvalue weighted by atomic mass is 9.95. The lowest BCUT2D eigenvalue weighted by Gasteiger charge is -2.17. The summed E-state index contributed by atoms with van der Waals surface area (Å²) in [6, 6.07) is 21.4. The normalized spacial score (nSPS) is 21.3. The number of nitrogens with zero attached hydrogens (tertiary/aromatic N) is 1. The Balaban J connectivity index is 2.12. The van der Waals surface area contributed by atoms with Crippen molar-refractivity contribution < 1.29 is 27.5 Å². The molecule has 32 heavy (non-hydrogen) atoms. The molecule has 0 aromatic heterocycles. The zero-order chi connectivity index (χ0) is 23.1. The van der Waals surface area contributed by atoms with Gasteiger partial charge in [-0.25, -0.2) is 8.42 Å². The first kappa shape index (κ1) is 21.5. The van der Waals surface area contributed by atoms with E-state index in [-0.39, 0.29) is 4.90 Å². The van der Waals surface area contributed by atoms with Crippen LogP contribution < -0.4 is 0 Å². The van der Waals surface area contributed by atoms with Crippen LogP contribution in [-0.2, 0) is 28.9 Å². The highest BCUT2D eigenvalue weighted by Crippen LogP contribution is 2.74. The number of methoxy groups -OCH3 is 2. The molecule has 8 heteroatoms. The molecule has 3 aromatic rings. The number of esters is 2. The highest BCUT2D eigenvalue weighted by Gasteiger charge is 2.93. The molecule has 1 aliphatic rings. The monoisotopic (exact) mass is 449 g/mol. The molecule has 2 atom stereocenters. The van der Waals surface area contributed by atoms with Gasteiger partial charge >= 0.3 is 11.9 Å². The number of carbonyl (C=O) groups is 2. The Morgan fingerprint density at radius 1 is 0.875 bits per heavy atom. The summed E-state index contributed by atoms with van der Waals surface area (Å²) in [5, 5.41) is 11.7. The number of benzene rings is 3. The predicted octanol–water partition coefficient (Wildman–Crippen LogP) is 3.01. The molecule has 0 aliphatic heterocycles. The van der Waals surface area contributed by atoms with Crippen LogP contribution in [0.2, 0.25) is 0 Å². The second-order valence-corrected chi connectivity index (χ2v) is 9.58. The minimum absolute atomic E-state index is 0.179. The average molecular weight is 449 g/mol. The number of hydrogen-bond acceptors (Lipinski definition) is 7. The summed E-state index contributed by atoms with van der Waals surface area (Å²) < 4.78 is 35.1. The summed E-state index contributed by atoms with van der Waals surface area (Å²) in [5.74, 6) is -3.61. The lowest BCUT2D eigenvalue weighted by Crippen LogP contribution is -2.40. The largest absolute Gasteiger partial charge is 0.468 e. The zero-order valence-electron chi connectivity index (χ0n) is 17.3. The molecule has 0 spiro atoms. The Morgan fingerprint density at radius 2 is 1.44 bits per heavy atom. The maximum absolute atomic E-state index is 13.9. The van der Waals surface area contributed by atoms with Gasteiger partial charge in [0.05, 0.1) is 25.2 Å². The standard InChI is InChI=1S/C24H19NO6S/c1-30-21(26)24(22(27)31-2)20(19-14-8-10-16-9-6-7-13-18(16)19)23(24,15-25)32(28,29)17-11-4-3-5-12-17/h3-14,20H,1-2H3/t20-,23-/m0/s1. The molecule has 0 saturated heterocycles. The number of fused-ring (bicyclic) bond motifs is 1. The Hall–Kier alpha value is -3.70. The van der Waals surface area contributed by atoms with Gasteiger partial charge in [0.25, 0.3) is 0 Å². The molecule has 1 saturated carbocycles. The van der Waals surface area contributed by atoms with Gasteiger partial charge in [-0.15, -0.1) is 0 Å². The van der Waals surface area contributed by atoms with Gasteiger partial charge in [-0.2, -0.15) is 5.26 Å². The van der Waals surface area contributed by atoms with Crippen molar-refractivity contribution in [3.05, 3.63) is 78.4 Å². The van der Waals surface area contributed by atoms with Crippen molar-refractivity contribution >= 4 is 32.5 Å². The van der Waals surface area contributed by atoms with Crippen molar-refractivity contribution in [1.82, 2.24) is 0 Å². The van der Waals surface area contributed by atoms with E-state index in [0.717, 1.165) is 19.6 Å². The van der Waals surface area contributed by atoms with Gasteiger partial charge in [0.2, 0.25) is 5.41 Å². The molecular formula is C24H19NO6S. The molecule has 162 valence electrons. The Labute approximate surface area is 185 Å². The summed E-state index contributed by atoms with van der Waals surface area (Å²) >= 11 is 0. The van der Waals surface area contributed by atoms with Gasteiger partial charge in [0.1, 0.15) is 0 Å². The maximum Gasteiger partial charge on any atom is 0.326 e. The van der Waals surface area contributed by atoms with Gasteiger partial charge < -0.3 is 9.47 Å². The second-order valence-electron chi connectivity index (χ2n) is 7.46. The number of carbonyl (C=O) groups excluding carboxylic acids is 2. The maximum atomic E-state index is 13.9. The van der Waals surface area contributed by atoms with E-state index in [1.165, 1.54) is 24.3 Å². The van der Waals surface area contributed by atoms with E-state index in [1.54, 1.807) is 30.3 Å².